The van der Waals surface area contributed by atoms with E-state index in [2.05, 4.69) is 60.7 Å². The lowest BCUT2D eigenvalue weighted by Gasteiger charge is -2.39. The maximum absolute atomic E-state index is 14.0. The van der Waals surface area contributed by atoms with E-state index in [0.717, 1.165) is 112 Å². The summed E-state index contributed by atoms with van der Waals surface area (Å²) >= 11 is 6.25. The number of hydrogen-bond donors (Lipinski definition) is 4. The molecule has 0 atom stereocenters. The number of nitrogens with one attached hydrogen (secondary N) is 3. The summed E-state index contributed by atoms with van der Waals surface area (Å²) in [5, 5.41) is 17.2. The van der Waals surface area contributed by atoms with Crippen molar-refractivity contribution in [2.45, 2.75) is 56.4 Å². The van der Waals surface area contributed by atoms with Crippen molar-refractivity contribution in [3.05, 3.63) is 117 Å². The number of aromatic amines is 1. The lowest BCUT2D eigenvalue weighted by Crippen LogP contribution is -2.47. The normalized spacial score (nSPS) is 19.7. The van der Waals surface area contributed by atoms with Crippen molar-refractivity contribution in [2.75, 3.05) is 81.6 Å². The Balaban J connectivity index is 0.918. The molecule has 0 bridgehead atoms. The zero-order chi connectivity index (χ0) is 46.4. The van der Waals surface area contributed by atoms with E-state index in [1.807, 2.05) is 24.9 Å². The van der Waals surface area contributed by atoms with Gasteiger partial charge in [0.15, 0.2) is 0 Å². The second kappa shape index (κ2) is 18.2. The summed E-state index contributed by atoms with van der Waals surface area (Å²) in [6, 6.07) is 20.5. The van der Waals surface area contributed by atoms with Crippen LogP contribution in [-0.2, 0) is 10.0 Å². The fraction of sp³-hybridized carbons (Fsp3) is 0.417. The number of allylic oxidation sites excluding steroid dienone is 1. The number of carbonyl (C=O) groups excluding carboxylic acids is 1. The van der Waals surface area contributed by atoms with E-state index in [4.69, 9.17) is 16.3 Å². The molecule has 9 rings (SSSR count). The molecule has 2 saturated heterocycles. The molecular formula is C48H57ClN8O7PS. The van der Waals surface area contributed by atoms with Gasteiger partial charge < -0.3 is 29.7 Å². The van der Waals surface area contributed by atoms with Gasteiger partial charge in [0.2, 0.25) is 0 Å². The van der Waals surface area contributed by atoms with Gasteiger partial charge in [-0.05, 0) is 124 Å². The number of hydrogen-bond acceptors (Lipinski definition) is 12. The van der Waals surface area contributed by atoms with Crippen LogP contribution in [0.2, 0.25) is 5.02 Å². The molecule has 3 fully saturated rings. The average Bonchev–Trinajstić information content (AvgIpc) is 3.86. The largest absolute Gasteiger partial charge is 0.455 e. The van der Waals surface area contributed by atoms with Crippen LogP contribution in [0.4, 0.5) is 17.1 Å². The fourth-order valence-electron chi connectivity index (χ4n) is 9.43. The number of anilines is 2. The number of piperazine rings is 1. The summed E-state index contributed by atoms with van der Waals surface area (Å²) < 4.78 is 36.2. The van der Waals surface area contributed by atoms with Crippen molar-refractivity contribution in [3.8, 4) is 11.5 Å². The van der Waals surface area contributed by atoms with Crippen LogP contribution in [0, 0.1) is 15.5 Å². The zero-order valence-corrected chi connectivity index (χ0v) is 40.0. The second-order valence-electron chi connectivity index (χ2n) is 19.4. The van der Waals surface area contributed by atoms with Crippen LogP contribution < -0.4 is 19.7 Å². The van der Waals surface area contributed by atoms with Gasteiger partial charge >= 0.3 is 0 Å². The zero-order valence-electron chi connectivity index (χ0n) is 37.6. The predicted octanol–water partition coefficient (Wildman–Crippen LogP) is 8.64. The number of halogens is 1. The van der Waals surface area contributed by atoms with E-state index in [-0.39, 0.29) is 28.0 Å². The number of nitrogens with zero attached hydrogens (tertiary/aromatic N) is 5. The summed E-state index contributed by atoms with van der Waals surface area (Å²) in [4.78, 5) is 50.4. The van der Waals surface area contributed by atoms with Crippen molar-refractivity contribution in [1.82, 2.24) is 24.5 Å². The van der Waals surface area contributed by atoms with Crippen LogP contribution in [0.15, 0.2) is 95.7 Å². The van der Waals surface area contributed by atoms with Crippen LogP contribution >= 0.6 is 19.1 Å². The number of carbonyl (C=O) groups is 1. The molecule has 15 nitrogen and oxygen atoms in total. The Kier molecular flexibility index (Phi) is 12.7. The van der Waals surface area contributed by atoms with Crippen LogP contribution in [0.5, 0.6) is 11.5 Å². The van der Waals surface area contributed by atoms with Crippen LogP contribution in [0.1, 0.15) is 61.9 Å². The molecule has 4 heterocycles. The van der Waals surface area contributed by atoms with Gasteiger partial charge in [0, 0.05) is 86.8 Å². The fourth-order valence-corrected chi connectivity index (χ4v) is 12.2. The van der Waals surface area contributed by atoms with Gasteiger partial charge in [-0.3, -0.25) is 19.8 Å². The smallest absolute Gasteiger partial charge is 0.293 e. The molecule has 1 radical (unpaired) electrons. The van der Waals surface area contributed by atoms with Crippen LogP contribution in [0.25, 0.3) is 16.6 Å². The standard InChI is InChI=1S/C48H57ClN8O7PS/c1-47(2)14-12-35(41(29-47)33-4-6-36(49)7-5-33)31-54-18-20-56(21-19-54)37-8-10-40(44(27-37)64-38-26-34-13-17-50-45(34)51-30-38)46(58)53-66(62,63)39-9-11-42(43(28-39)57(59)60)52-48(15-16-48)32-55-22-24-65(3,61)25-23-55/h4-11,13,17,26-28,30,52,61H,12,14-16,18-25,29,31-32H2,1-3H3,(H,50,51)(H,53,58). The molecule has 349 valence electrons. The van der Waals surface area contributed by atoms with Gasteiger partial charge in [0.1, 0.15) is 22.8 Å². The highest BCUT2D eigenvalue weighted by molar-refractivity contribution is 7.90. The molecular weight excluding hydrogens is 899 g/mol. The molecule has 1 saturated carbocycles. The number of amides is 1. The first-order chi connectivity index (χ1) is 31.4. The molecule has 4 N–H and O–H groups in total. The molecule has 2 aliphatic carbocycles. The SMILES string of the molecule is CC1(C)CCC(CN2CCN(c3ccc(C(=O)NS(=O)(=O)c4ccc(NC5(CN6CC[P](C)(O)CC6)CC5)c([N+](=O)[O-])c4)c(Oc4cnc5[nH]ccc5c4)c3)CC2)=C(c2ccc(Cl)cc2)C1. The summed E-state index contributed by atoms with van der Waals surface area (Å²) in [5.74, 6) is -0.481. The topological polar surface area (TPSA) is 186 Å². The molecule has 3 aromatic carbocycles. The van der Waals surface area contributed by atoms with E-state index in [1.165, 1.54) is 35.0 Å². The average molecular weight is 957 g/mol. The Morgan fingerprint density at radius 2 is 1.71 bits per heavy atom. The third-order valence-electron chi connectivity index (χ3n) is 13.6. The highest BCUT2D eigenvalue weighted by Gasteiger charge is 2.46. The van der Waals surface area contributed by atoms with Crippen molar-refractivity contribution in [1.29, 1.82) is 0 Å². The summed E-state index contributed by atoms with van der Waals surface area (Å²) in [6.07, 6.45) is 9.59. The Morgan fingerprint density at radius 3 is 2.42 bits per heavy atom. The quantitative estimate of drug-likeness (QED) is 0.0473. The number of nitro groups is 1. The lowest BCUT2D eigenvalue weighted by molar-refractivity contribution is -0.384. The molecule has 4 aliphatic rings. The minimum absolute atomic E-state index is 0.0400. The van der Waals surface area contributed by atoms with Gasteiger partial charge in [0.05, 0.1) is 27.1 Å². The van der Waals surface area contributed by atoms with Gasteiger partial charge in [-0.1, -0.05) is 43.2 Å². The summed E-state index contributed by atoms with van der Waals surface area (Å²) in [5.41, 5.74) is 5.16. The maximum Gasteiger partial charge on any atom is 0.293 e. The Labute approximate surface area is 391 Å². The number of pyridine rings is 1. The summed E-state index contributed by atoms with van der Waals surface area (Å²) in [6.45, 7) is 12.8. The predicted molar refractivity (Wildman–Crippen MR) is 262 cm³/mol. The minimum Gasteiger partial charge on any atom is -0.455 e. The van der Waals surface area contributed by atoms with Gasteiger partial charge in [-0.25, -0.2) is 18.1 Å². The number of fused-ring (bicyclic) bond motifs is 1. The monoisotopic (exact) mass is 955 g/mol. The third-order valence-corrected chi connectivity index (χ3v) is 17.5. The highest BCUT2D eigenvalue weighted by Crippen LogP contribution is 2.52. The molecule has 0 unspecified atom stereocenters. The first kappa shape index (κ1) is 46.0. The second-order valence-corrected chi connectivity index (χ2v) is 25.1. The lowest BCUT2D eigenvalue weighted by atomic mass is 9.72. The number of nitro benzene ring substituents is 1. The molecule has 66 heavy (non-hydrogen) atoms. The maximum atomic E-state index is 14.0. The van der Waals surface area contributed by atoms with Crippen LogP contribution in [0.3, 0.4) is 0 Å². The minimum atomic E-state index is -4.59. The third kappa shape index (κ3) is 10.5. The molecule has 2 aliphatic heterocycles. The number of H-pyrrole nitrogens is 1. The molecule has 2 aromatic heterocycles. The van der Waals surface area contributed by atoms with Gasteiger partial charge in [-0.15, -0.1) is 0 Å². The number of rotatable bonds is 14. The van der Waals surface area contributed by atoms with Gasteiger partial charge in [0.25, 0.3) is 21.6 Å². The number of sulfonamides is 1. The van der Waals surface area contributed by atoms with Crippen molar-refractivity contribution < 1.29 is 27.8 Å². The van der Waals surface area contributed by atoms with Crippen molar-refractivity contribution in [2.24, 2.45) is 5.41 Å². The van der Waals surface area contributed by atoms with Crippen LogP contribution in [-0.4, -0.2) is 121 Å². The summed E-state index contributed by atoms with van der Waals surface area (Å²) in [7, 11) is -6.46. The van der Waals surface area contributed by atoms with Crippen molar-refractivity contribution in [3.63, 3.8) is 0 Å². The van der Waals surface area contributed by atoms with Crippen molar-refractivity contribution >= 4 is 68.7 Å². The highest BCUT2D eigenvalue weighted by atomic mass is 35.5. The van der Waals surface area contributed by atoms with E-state index in [1.54, 1.807) is 30.5 Å². The number of benzene rings is 3. The first-order valence-electron chi connectivity index (χ1n) is 22.5. The van der Waals surface area contributed by atoms with E-state index >= 15 is 0 Å². The number of aromatic nitrogens is 2. The Hall–Kier alpha value is -5.09. The molecule has 18 heteroatoms. The Morgan fingerprint density at radius 1 is 0.970 bits per heavy atom. The van der Waals surface area contributed by atoms with E-state index in [9.17, 15) is 28.2 Å². The molecule has 5 aromatic rings. The van der Waals surface area contributed by atoms with E-state index in [0.29, 0.717) is 17.9 Å². The Bertz CT molecular complexity index is 2790. The van der Waals surface area contributed by atoms with E-state index < -0.39 is 38.9 Å². The number of ether oxygens (including phenoxy) is 1. The molecule has 0 spiro atoms. The molecule has 1 amide bonds. The van der Waals surface area contributed by atoms with Gasteiger partial charge in [-0.2, -0.15) is 0 Å². The first-order valence-corrected chi connectivity index (χ1v) is 27.0.